The van der Waals surface area contributed by atoms with Crippen molar-refractivity contribution in [2.24, 2.45) is 54.4 Å². The Morgan fingerprint density at radius 2 is 0.723 bits per heavy atom. The average molecular weight is 1890 g/mol. The molecule has 0 radical (unpaired) electrons. The zero-order valence-corrected chi connectivity index (χ0v) is 84.4. The van der Waals surface area contributed by atoms with Gasteiger partial charge in [0.05, 0.1) is 0 Å². The molecule has 8 atom stereocenters. The number of hydrogen-bond acceptors (Lipinski definition) is 14. The molecular formula is C125H129N5O10S. The average Bonchev–Trinajstić information content (AvgIpc) is 1.60. The van der Waals surface area contributed by atoms with Gasteiger partial charge in [0, 0.05) is 163 Å². The van der Waals surface area contributed by atoms with Gasteiger partial charge in [0.1, 0.15) is 23.0 Å². The lowest BCUT2D eigenvalue weighted by Crippen LogP contribution is -2.35. The Morgan fingerprint density at radius 3 is 1.21 bits per heavy atom. The third kappa shape index (κ3) is 24.2. The van der Waals surface area contributed by atoms with Crippen molar-refractivity contribution in [1.29, 1.82) is 0 Å². The van der Waals surface area contributed by atoms with Crippen molar-refractivity contribution in [3.63, 3.8) is 0 Å². The molecule has 720 valence electrons. The van der Waals surface area contributed by atoms with E-state index in [2.05, 4.69) is 39.2 Å². The number of benzene rings is 11. The number of fused-ring (bicyclic) bond motifs is 12. The summed E-state index contributed by atoms with van der Waals surface area (Å²) in [5, 5.41) is 14.4. The zero-order chi connectivity index (χ0) is 101. The van der Waals surface area contributed by atoms with Gasteiger partial charge in [0.25, 0.3) is 11.1 Å². The van der Waals surface area contributed by atoms with Crippen LogP contribution in [0.5, 0.6) is 0 Å². The number of ketones is 6. The predicted octanol–water partition coefficient (Wildman–Crippen LogP) is 27.4. The number of nitrogens with one attached hydrogen (secondary N) is 1. The van der Waals surface area contributed by atoms with Crippen LogP contribution >= 0.6 is 11.3 Å². The highest BCUT2D eigenvalue weighted by atomic mass is 32.1. The number of pyridine rings is 5. The summed E-state index contributed by atoms with van der Waals surface area (Å²) in [6.45, 7) is 33.9. The smallest absolute Gasteiger partial charge is 0.258 e. The van der Waals surface area contributed by atoms with E-state index in [-0.39, 0.29) is 45.1 Å². The second-order valence-corrected chi connectivity index (χ2v) is 34.9. The van der Waals surface area contributed by atoms with Crippen LogP contribution in [-0.4, -0.2) is 59.2 Å². The minimum atomic E-state index is -0.147. The zero-order valence-electron chi connectivity index (χ0n) is 83.6. The van der Waals surface area contributed by atoms with Crippen LogP contribution in [0, 0.1) is 54.3 Å². The van der Waals surface area contributed by atoms with Gasteiger partial charge in [-0.1, -0.05) is 358 Å². The van der Waals surface area contributed by atoms with Crippen molar-refractivity contribution in [1.82, 2.24) is 24.5 Å². The molecule has 5 saturated carbocycles. The van der Waals surface area contributed by atoms with Crippen LogP contribution in [0.1, 0.15) is 217 Å². The maximum atomic E-state index is 12.9. The molecule has 24 rings (SSSR count). The lowest BCUT2D eigenvalue weighted by atomic mass is 9.65. The first-order valence-electron chi connectivity index (χ1n) is 49.9. The van der Waals surface area contributed by atoms with Crippen LogP contribution in [0.25, 0.3) is 98.0 Å². The topological polar surface area (TPSA) is 230 Å². The summed E-state index contributed by atoms with van der Waals surface area (Å²) < 4.78 is 3.72. The Balaban J connectivity index is 0.000000152. The second kappa shape index (κ2) is 52.2. The molecule has 0 amide bonds. The molecule has 6 heterocycles. The number of rotatable bonds is 4. The fourth-order valence-electron chi connectivity index (χ4n) is 20.1. The number of carbonyl (C=O) groups is 6. The van der Waals surface area contributed by atoms with E-state index in [1.807, 2.05) is 290 Å². The summed E-state index contributed by atoms with van der Waals surface area (Å²) in [4.78, 5) is 136. The third-order valence-corrected chi connectivity index (χ3v) is 27.5. The number of aromatic nitrogens is 5. The highest BCUT2D eigenvalue weighted by Gasteiger charge is 2.60. The van der Waals surface area contributed by atoms with E-state index < -0.39 is 0 Å². The van der Waals surface area contributed by atoms with E-state index in [0.717, 1.165) is 116 Å². The standard InChI is InChI=1S/C20H28O2.C16H12O.C14H11NO.C14H8O2.C13H9NO.C13H8OS.C12H9NO.C11H8N2O.6C2H6/c21-19-13-7-3-1-5-11(13)15-9-18-16(10-17(15)19)12-6-2-4-8-14(12)20(18)22;1-11-6-9-15-13(10-11)8-7-12-4-2-3-5-14(12)16(15)17;1-9-11-7-3-5-10-6-4-8-12(13(10)11)14(16)15(9)2;15-13-9-5-1-2-6-10(9)14(16)12-8-4-3-7-11(12)13;1-8-10-6-2-4-9-5-3-7-11(12(9)10)13(15)14-8;14-13-9-5-1-3-7-11(9)15-12-8-4-2-6-10(12)13;14-12(10-4-2-1-3-5-10)11-6-8-13-9-7-11;14-11(9-5-1-3-7-12-9)10-6-2-4-8-13-10;6*1-2/h11-18H,1-10H2;2-10H,1H3;3-8H,1H2,2H3;1-8H;2-7H,1H2,(H,14,15);1-8H;1-9H;1-8H;6*1-2H3. The first-order valence-corrected chi connectivity index (χ1v) is 50.8. The number of aromatic amines is 1. The van der Waals surface area contributed by atoms with Crippen LogP contribution in [0.15, 0.2) is 347 Å². The van der Waals surface area contributed by atoms with Gasteiger partial charge in [0.2, 0.25) is 5.78 Å². The van der Waals surface area contributed by atoms with Gasteiger partial charge >= 0.3 is 0 Å². The molecule has 5 fully saturated rings. The molecule has 0 bridgehead atoms. The Morgan fingerprint density at radius 1 is 0.340 bits per heavy atom. The van der Waals surface area contributed by atoms with Crippen molar-refractivity contribution >= 4 is 144 Å². The first kappa shape index (κ1) is 107. The Hall–Kier alpha value is -14.9. The van der Waals surface area contributed by atoms with Crippen LogP contribution < -0.4 is 32.7 Å². The number of Topliss-reactive ketones (excluding diaryl/α,β-unsaturated/α-hetero) is 2. The van der Waals surface area contributed by atoms with E-state index in [1.54, 1.807) is 145 Å². The van der Waals surface area contributed by atoms with Gasteiger partial charge < -0.3 is 9.55 Å². The minimum Gasteiger partial charge on any atom is -0.322 e. The summed E-state index contributed by atoms with van der Waals surface area (Å²) >= 11 is 1.67. The summed E-state index contributed by atoms with van der Waals surface area (Å²) in [7, 11) is 1.76. The molecule has 0 aliphatic heterocycles. The van der Waals surface area contributed by atoms with Gasteiger partial charge in [-0.05, 0) is 163 Å². The predicted molar refractivity (Wildman–Crippen MR) is 586 cm³/mol. The van der Waals surface area contributed by atoms with Gasteiger partial charge in [-0.25, -0.2) is 0 Å². The maximum Gasteiger partial charge on any atom is 0.258 e. The summed E-state index contributed by atoms with van der Waals surface area (Å²) in [6, 6.07) is 93.8. The lowest BCUT2D eigenvalue weighted by molar-refractivity contribution is -0.129. The molecular weight excluding hydrogens is 1760 g/mol. The van der Waals surface area contributed by atoms with E-state index in [1.165, 1.54) is 44.1 Å². The number of H-pyrrole nitrogens is 1. The molecule has 6 aliphatic carbocycles. The fraction of sp³-hybridized carbons (Fsp3) is 0.256. The van der Waals surface area contributed by atoms with Crippen molar-refractivity contribution in [3.05, 3.63) is 430 Å². The van der Waals surface area contributed by atoms with Crippen molar-refractivity contribution in [3.8, 4) is 0 Å². The van der Waals surface area contributed by atoms with E-state index >= 15 is 0 Å². The SMILES string of the molecule is C=c1[nH]c(=O)c2cccc3cccc1c32.C=c1c2cccc3cccc(c(=O)n1C)c32.CC.CC.CC.CC.CC.CC.Cc1ccc2c(=O)c3ccccc3ccc2c1.O=C(c1ccccc1)c1ccncc1.O=C(c1ccccn1)c1ccccn1.O=C1C2CCCCC2C2CC3C(=O)C4CCCCC4C3CC12.O=C1c2ccccc2C(=O)c2ccccc21.O=c1c2ccccc2sc2ccccc12. The molecule has 12 aromatic carbocycles. The van der Waals surface area contributed by atoms with Crippen LogP contribution in [0.2, 0.25) is 0 Å². The largest absolute Gasteiger partial charge is 0.322 e. The molecule has 16 heteroatoms. The van der Waals surface area contributed by atoms with Crippen LogP contribution in [-0.2, 0) is 16.6 Å². The van der Waals surface area contributed by atoms with Gasteiger partial charge in [-0.15, -0.1) is 11.3 Å². The highest BCUT2D eigenvalue weighted by molar-refractivity contribution is 7.24. The molecule has 6 aromatic heterocycles. The normalized spacial score (nSPS) is 17.0. The monoisotopic (exact) mass is 1890 g/mol. The number of hydrogen-bond donors (Lipinski definition) is 1. The quantitative estimate of drug-likeness (QED) is 0.128. The summed E-state index contributed by atoms with van der Waals surface area (Å²) in [5.74, 6) is 4.83. The number of carbonyl (C=O) groups excluding carboxylic acids is 6. The van der Waals surface area contributed by atoms with E-state index in [9.17, 15) is 47.9 Å². The van der Waals surface area contributed by atoms with Gasteiger partial charge in [-0.2, -0.15) is 0 Å². The summed E-state index contributed by atoms with van der Waals surface area (Å²) in [5.41, 5.74) is 5.63. The molecule has 1 N–H and O–H groups in total. The first-order chi connectivity index (χ1) is 68.9. The van der Waals surface area contributed by atoms with Gasteiger partial charge in [0.15, 0.2) is 28.2 Å². The van der Waals surface area contributed by atoms with Gasteiger partial charge in [-0.3, -0.25) is 62.9 Å². The Bertz CT molecular complexity index is 7220. The molecule has 15 nitrogen and oxygen atoms in total. The molecule has 141 heavy (non-hydrogen) atoms. The lowest BCUT2D eigenvalue weighted by Gasteiger charge is -2.38. The van der Waals surface area contributed by atoms with Crippen LogP contribution in [0.4, 0.5) is 0 Å². The number of aryl methyl sites for hydroxylation is 1. The minimum absolute atomic E-state index is 0.0225. The van der Waals surface area contributed by atoms with Crippen molar-refractivity contribution < 1.29 is 28.8 Å². The molecule has 6 aliphatic rings. The Labute approximate surface area is 830 Å². The van der Waals surface area contributed by atoms with E-state index in [0.29, 0.717) is 109 Å². The van der Waals surface area contributed by atoms with Crippen molar-refractivity contribution in [2.45, 2.75) is 154 Å². The molecule has 18 aromatic rings. The third-order valence-electron chi connectivity index (χ3n) is 26.4. The molecule has 0 saturated heterocycles. The second-order valence-electron chi connectivity index (χ2n) is 33.8. The Kier molecular flexibility index (Phi) is 39.5. The van der Waals surface area contributed by atoms with E-state index in [4.69, 9.17) is 0 Å². The van der Waals surface area contributed by atoms with Crippen molar-refractivity contribution in [2.75, 3.05) is 0 Å². The number of nitrogens with zero attached hydrogens (tertiary/aromatic N) is 4. The molecule has 8 unspecified atom stereocenters. The molecule has 0 spiro atoms. The summed E-state index contributed by atoms with van der Waals surface area (Å²) in [6.07, 6.45) is 18.5. The maximum absolute atomic E-state index is 12.9. The van der Waals surface area contributed by atoms with Crippen LogP contribution in [0.3, 0.4) is 0 Å². The highest BCUT2D eigenvalue weighted by Crippen LogP contribution is 2.61. The fourth-order valence-corrected chi connectivity index (χ4v) is 21.2.